The Morgan fingerprint density at radius 2 is 1.44 bits per heavy atom. The molecule has 0 aliphatic heterocycles. The maximum Gasteiger partial charge on any atom is 0.370 e. The van der Waals surface area contributed by atoms with Crippen LogP contribution in [0.1, 0.15) is 64.7 Å². The summed E-state index contributed by atoms with van der Waals surface area (Å²) in [5.41, 5.74) is 0. The van der Waals surface area contributed by atoms with Gasteiger partial charge in [0.15, 0.2) is 5.76 Å². The first kappa shape index (κ1) is 15.0. The zero-order valence-electron chi connectivity index (χ0n) is 10.2. The number of aliphatic carboxylic acids is 1. The number of aliphatic hydroxyl groups excluding tert-OH is 1. The van der Waals surface area contributed by atoms with Gasteiger partial charge in [0.2, 0.25) is 0 Å². The van der Waals surface area contributed by atoms with Crippen LogP contribution in [0.2, 0.25) is 0 Å². The van der Waals surface area contributed by atoms with E-state index < -0.39 is 11.7 Å². The summed E-state index contributed by atoms with van der Waals surface area (Å²) in [4.78, 5) is 10.2. The third kappa shape index (κ3) is 9.56. The summed E-state index contributed by atoms with van der Waals surface area (Å²) in [5.74, 6) is -1.76. The Hall–Kier alpha value is -0.990. The van der Waals surface area contributed by atoms with Gasteiger partial charge in [-0.1, -0.05) is 51.9 Å². The van der Waals surface area contributed by atoms with Crippen molar-refractivity contribution in [2.75, 3.05) is 0 Å². The van der Waals surface area contributed by atoms with E-state index in [2.05, 4.69) is 6.92 Å². The normalized spacial score (nSPS) is 11.7. The van der Waals surface area contributed by atoms with Gasteiger partial charge in [-0.05, 0) is 18.9 Å². The second kappa shape index (κ2) is 10.5. The highest BCUT2D eigenvalue weighted by atomic mass is 16.4. The van der Waals surface area contributed by atoms with Gasteiger partial charge in [-0.25, -0.2) is 4.79 Å². The molecule has 0 aromatic carbocycles. The van der Waals surface area contributed by atoms with E-state index in [0.29, 0.717) is 6.42 Å². The minimum atomic E-state index is -1.24. The second-order valence-corrected chi connectivity index (χ2v) is 4.16. The number of carboxylic acids is 1. The van der Waals surface area contributed by atoms with Crippen LogP contribution in [-0.2, 0) is 4.79 Å². The number of aliphatic hydroxyl groups is 1. The molecule has 0 unspecified atom stereocenters. The number of carbonyl (C=O) groups is 1. The fourth-order valence-corrected chi connectivity index (χ4v) is 1.60. The van der Waals surface area contributed by atoms with Gasteiger partial charge in [-0.2, -0.15) is 0 Å². The van der Waals surface area contributed by atoms with Gasteiger partial charge >= 0.3 is 5.97 Å². The van der Waals surface area contributed by atoms with E-state index in [1.165, 1.54) is 44.6 Å². The van der Waals surface area contributed by atoms with E-state index in [4.69, 9.17) is 10.2 Å². The van der Waals surface area contributed by atoms with Crippen molar-refractivity contribution < 1.29 is 15.0 Å². The molecule has 0 atom stereocenters. The minimum absolute atomic E-state index is 0.525. The predicted octanol–water partition coefficient (Wildman–Crippen LogP) is 4.04. The molecule has 0 aliphatic carbocycles. The standard InChI is InChI=1S/C13H24O3/c1-2-3-4-5-6-7-8-9-10-11-12(14)13(15)16/h11,14H,2-10H2,1H3,(H,15,16). The molecular formula is C13H24O3. The Kier molecular flexibility index (Phi) is 9.87. The van der Waals surface area contributed by atoms with Crippen molar-refractivity contribution in [1.29, 1.82) is 0 Å². The van der Waals surface area contributed by atoms with Crippen molar-refractivity contribution in [2.24, 2.45) is 0 Å². The third-order valence-corrected chi connectivity index (χ3v) is 2.61. The van der Waals surface area contributed by atoms with E-state index in [1.807, 2.05) is 0 Å². The van der Waals surface area contributed by atoms with Crippen LogP contribution in [0.15, 0.2) is 11.8 Å². The fourth-order valence-electron chi connectivity index (χ4n) is 1.60. The molecular weight excluding hydrogens is 204 g/mol. The van der Waals surface area contributed by atoms with E-state index in [9.17, 15) is 4.79 Å². The first-order valence-corrected chi connectivity index (χ1v) is 6.31. The highest BCUT2D eigenvalue weighted by Crippen LogP contribution is 2.10. The SMILES string of the molecule is CCCCCCCCCCC=C(O)C(=O)O. The fraction of sp³-hybridized carbons (Fsp3) is 0.769. The first-order valence-electron chi connectivity index (χ1n) is 6.31. The van der Waals surface area contributed by atoms with Crippen molar-refractivity contribution in [1.82, 2.24) is 0 Å². The molecule has 3 nitrogen and oxygen atoms in total. The summed E-state index contributed by atoms with van der Waals surface area (Å²) in [6.07, 6.45) is 11.9. The van der Waals surface area contributed by atoms with Gasteiger partial charge < -0.3 is 10.2 Å². The highest BCUT2D eigenvalue weighted by Gasteiger charge is 2.01. The lowest BCUT2D eigenvalue weighted by molar-refractivity contribution is -0.135. The van der Waals surface area contributed by atoms with Gasteiger partial charge in [0, 0.05) is 0 Å². The molecule has 0 saturated carbocycles. The monoisotopic (exact) mass is 228 g/mol. The Balaban J connectivity index is 3.21. The topological polar surface area (TPSA) is 57.5 Å². The number of allylic oxidation sites excluding steroid dienone is 1. The second-order valence-electron chi connectivity index (χ2n) is 4.16. The molecule has 2 N–H and O–H groups in total. The van der Waals surface area contributed by atoms with E-state index in [1.54, 1.807) is 0 Å². The molecule has 0 aromatic rings. The average molecular weight is 228 g/mol. The van der Waals surface area contributed by atoms with Crippen molar-refractivity contribution >= 4 is 5.97 Å². The molecule has 0 rings (SSSR count). The van der Waals surface area contributed by atoms with Gasteiger partial charge in [0.05, 0.1) is 0 Å². The van der Waals surface area contributed by atoms with Crippen molar-refractivity contribution in [3.8, 4) is 0 Å². The summed E-state index contributed by atoms with van der Waals surface area (Å²) in [5, 5.41) is 17.3. The highest BCUT2D eigenvalue weighted by molar-refractivity contribution is 5.83. The van der Waals surface area contributed by atoms with Crippen molar-refractivity contribution in [2.45, 2.75) is 64.7 Å². The Labute approximate surface area is 98.2 Å². The summed E-state index contributed by atoms with van der Waals surface area (Å²) < 4.78 is 0. The van der Waals surface area contributed by atoms with Crippen LogP contribution in [0.4, 0.5) is 0 Å². The van der Waals surface area contributed by atoms with Gasteiger partial charge in [0.25, 0.3) is 0 Å². The molecule has 0 spiro atoms. The number of rotatable bonds is 10. The Morgan fingerprint density at radius 3 is 1.94 bits per heavy atom. The van der Waals surface area contributed by atoms with Gasteiger partial charge in [-0.15, -0.1) is 0 Å². The molecule has 0 saturated heterocycles. The van der Waals surface area contributed by atoms with Gasteiger partial charge in [-0.3, -0.25) is 0 Å². The molecule has 0 amide bonds. The quantitative estimate of drug-likeness (QED) is 0.337. The van der Waals surface area contributed by atoms with Crippen LogP contribution in [0.3, 0.4) is 0 Å². The van der Waals surface area contributed by atoms with Crippen molar-refractivity contribution in [3.63, 3.8) is 0 Å². The number of carboxylic acid groups (broad SMARTS) is 1. The molecule has 0 aromatic heterocycles. The molecule has 0 radical (unpaired) electrons. The van der Waals surface area contributed by atoms with Crippen LogP contribution >= 0.6 is 0 Å². The summed E-state index contributed by atoms with van der Waals surface area (Å²) in [6, 6.07) is 0. The van der Waals surface area contributed by atoms with Crippen LogP contribution in [0, 0.1) is 0 Å². The van der Waals surface area contributed by atoms with Crippen LogP contribution < -0.4 is 0 Å². The molecule has 0 bridgehead atoms. The zero-order valence-corrected chi connectivity index (χ0v) is 10.2. The lowest BCUT2D eigenvalue weighted by Gasteiger charge is -2.00. The van der Waals surface area contributed by atoms with Crippen LogP contribution in [0.5, 0.6) is 0 Å². The minimum Gasteiger partial charge on any atom is -0.502 e. The average Bonchev–Trinajstić information content (AvgIpc) is 2.26. The summed E-state index contributed by atoms with van der Waals surface area (Å²) >= 11 is 0. The maximum absolute atomic E-state index is 10.2. The van der Waals surface area contributed by atoms with E-state index in [-0.39, 0.29) is 0 Å². The molecule has 94 valence electrons. The summed E-state index contributed by atoms with van der Waals surface area (Å²) in [7, 11) is 0. The summed E-state index contributed by atoms with van der Waals surface area (Å²) in [6.45, 7) is 2.21. The van der Waals surface area contributed by atoms with E-state index >= 15 is 0 Å². The smallest absolute Gasteiger partial charge is 0.370 e. The predicted molar refractivity (Wildman–Crippen MR) is 65.6 cm³/mol. The lowest BCUT2D eigenvalue weighted by atomic mass is 10.1. The molecule has 0 fully saturated rings. The molecule has 16 heavy (non-hydrogen) atoms. The number of hydrogen-bond donors (Lipinski definition) is 2. The van der Waals surface area contributed by atoms with Crippen molar-refractivity contribution in [3.05, 3.63) is 11.8 Å². The Morgan fingerprint density at radius 1 is 0.938 bits per heavy atom. The number of hydrogen-bond acceptors (Lipinski definition) is 2. The largest absolute Gasteiger partial charge is 0.502 e. The van der Waals surface area contributed by atoms with Gasteiger partial charge in [0.1, 0.15) is 0 Å². The molecule has 0 aliphatic rings. The van der Waals surface area contributed by atoms with Crippen LogP contribution in [-0.4, -0.2) is 16.2 Å². The molecule has 0 heterocycles. The number of unbranched alkanes of at least 4 members (excludes halogenated alkanes) is 8. The van der Waals surface area contributed by atoms with E-state index in [0.717, 1.165) is 12.8 Å². The lowest BCUT2D eigenvalue weighted by Crippen LogP contribution is -1.98. The maximum atomic E-state index is 10.2. The first-order chi connectivity index (χ1) is 7.68. The third-order valence-electron chi connectivity index (χ3n) is 2.61. The molecule has 3 heteroatoms. The van der Waals surface area contributed by atoms with Crippen LogP contribution in [0.25, 0.3) is 0 Å². The zero-order chi connectivity index (χ0) is 12.2. The Bertz CT molecular complexity index is 209.